The minimum atomic E-state index is -0.982. The highest BCUT2D eigenvalue weighted by atomic mass is 16.6. The lowest BCUT2D eigenvalue weighted by atomic mass is 9.84. The number of carbonyl (C=O) groups excluding carboxylic acids is 1. The molecule has 1 amide bonds. The van der Waals surface area contributed by atoms with Crippen molar-refractivity contribution >= 4 is 12.1 Å². The Balaban J connectivity index is 2.10. The Morgan fingerprint density at radius 1 is 1.39 bits per heavy atom. The number of carboxylic acids is 1. The molecular formula is C12H19NO5. The number of amides is 1. The third-order valence-electron chi connectivity index (χ3n) is 3.24. The van der Waals surface area contributed by atoms with Crippen LogP contribution in [0.25, 0.3) is 0 Å². The van der Waals surface area contributed by atoms with Crippen LogP contribution >= 0.6 is 0 Å². The molecule has 0 aromatic heterocycles. The van der Waals surface area contributed by atoms with Gasteiger partial charge >= 0.3 is 12.1 Å². The van der Waals surface area contributed by atoms with Gasteiger partial charge in [-0.05, 0) is 27.2 Å². The van der Waals surface area contributed by atoms with E-state index in [1.54, 1.807) is 20.8 Å². The first-order valence-corrected chi connectivity index (χ1v) is 6.03. The molecule has 2 rings (SSSR count). The lowest BCUT2D eigenvalue weighted by Crippen LogP contribution is -2.46. The van der Waals surface area contributed by atoms with Crippen molar-refractivity contribution in [1.82, 2.24) is 4.90 Å². The Morgan fingerprint density at radius 3 is 2.39 bits per heavy atom. The zero-order chi connectivity index (χ0) is 13.6. The standard InChI is InChI=1S/C12H19NO5/c1-11(2,3)18-10(16)13-5-12(6-17-7-12)4-8(13)9(14)15/h8H,4-7H2,1-3H3,(H,14,15)/t8-/m0/s1. The Labute approximate surface area is 106 Å². The van der Waals surface area contributed by atoms with Crippen LogP contribution < -0.4 is 0 Å². The molecule has 6 nitrogen and oxygen atoms in total. The van der Waals surface area contributed by atoms with Crippen molar-refractivity contribution in [2.24, 2.45) is 5.41 Å². The van der Waals surface area contributed by atoms with Gasteiger partial charge in [0.2, 0.25) is 0 Å². The molecule has 2 aliphatic heterocycles. The maximum atomic E-state index is 12.0. The molecule has 2 heterocycles. The summed E-state index contributed by atoms with van der Waals surface area (Å²) in [5, 5.41) is 9.19. The molecule has 6 heteroatoms. The summed E-state index contributed by atoms with van der Waals surface area (Å²) in [5.74, 6) is -0.982. The first-order valence-electron chi connectivity index (χ1n) is 6.03. The fraction of sp³-hybridized carbons (Fsp3) is 0.833. The highest BCUT2D eigenvalue weighted by Crippen LogP contribution is 2.41. The summed E-state index contributed by atoms with van der Waals surface area (Å²) >= 11 is 0. The molecule has 1 spiro atoms. The summed E-state index contributed by atoms with van der Waals surface area (Å²) in [6.07, 6.45) is -0.111. The zero-order valence-corrected chi connectivity index (χ0v) is 10.9. The number of aliphatic carboxylic acids is 1. The van der Waals surface area contributed by atoms with E-state index < -0.39 is 23.7 Å². The molecule has 0 aliphatic carbocycles. The van der Waals surface area contributed by atoms with E-state index in [2.05, 4.69) is 0 Å². The third-order valence-corrected chi connectivity index (χ3v) is 3.24. The predicted octanol–water partition coefficient (Wildman–Crippen LogP) is 1.10. The van der Waals surface area contributed by atoms with Gasteiger partial charge in [-0.3, -0.25) is 4.90 Å². The molecule has 0 aromatic carbocycles. The molecular weight excluding hydrogens is 238 g/mol. The number of likely N-dealkylation sites (tertiary alicyclic amines) is 1. The van der Waals surface area contributed by atoms with E-state index in [9.17, 15) is 14.7 Å². The first-order chi connectivity index (χ1) is 8.22. The molecule has 1 atom stereocenters. The normalized spacial score (nSPS) is 25.9. The van der Waals surface area contributed by atoms with Crippen LogP contribution in [0.15, 0.2) is 0 Å². The topological polar surface area (TPSA) is 76.1 Å². The molecule has 2 saturated heterocycles. The summed E-state index contributed by atoms with van der Waals surface area (Å²) in [5.41, 5.74) is -0.800. The molecule has 0 unspecified atom stereocenters. The monoisotopic (exact) mass is 257 g/mol. The number of hydrogen-bond acceptors (Lipinski definition) is 4. The van der Waals surface area contributed by atoms with Crippen LogP contribution in [0.3, 0.4) is 0 Å². The minimum absolute atomic E-state index is 0.181. The number of rotatable bonds is 1. The fourth-order valence-electron chi connectivity index (χ4n) is 2.39. The summed E-state index contributed by atoms with van der Waals surface area (Å²) in [6.45, 7) is 6.74. The maximum Gasteiger partial charge on any atom is 0.411 e. The highest BCUT2D eigenvalue weighted by Gasteiger charge is 2.53. The molecule has 102 valence electrons. The summed E-state index contributed by atoms with van der Waals surface area (Å²) in [6, 6.07) is -0.802. The molecule has 1 N–H and O–H groups in total. The van der Waals surface area contributed by atoms with Crippen LogP contribution in [0.2, 0.25) is 0 Å². The van der Waals surface area contributed by atoms with Gasteiger partial charge in [-0.1, -0.05) is 0 Å². The summed E-state index contributed by atoms with van der Waals surface area (Å²) in [4.78, 5) is 24.5. The van der Waals surface area contributed by atoms with E-state index in [1.165, 1.54) is 4.90 Å². The smallest absolute Gasteiger partial charge is 0.411 e. The fourth-order valence-corrected chi connectivity index (χ4v) is 2.39. The number of carbonyl (C=O) groups is 2. The van der Waals surface area contributed by atoms with Crippen LogP contribution in [0.1, 0.15) is 27.2 Å². The molecule has 2 fully saturated rings. The second-order valence-electron chi connectivity index (χ2n) is 6.16. The van der Waals surface area contributed by atoms with Gasteiger partial charge in [0.05, 0.1) is 13.2 Å². The van der Waals surface area contributed by atoms with Gasteiger partial charge in [-0.25, -0.2) is 9.59 Å². The van der Waals surface area contributed by atoms with Gasteiger partial charge in [-0.2, -0.15) is 0 Å². The number of carboxylic acid groups (broad SMARTS) is 1. The number of hydrogen-bond donors (Lipinski definition) is 1. The Kier molecular flexibility index (Phi) is 3.01. The molecule has 0 aromatic rings. The van der Waals surface area contributed by atoms with Crippen LogP contribution in [-0.4, -0.2) is 53.5 Å². The second-order valence-corrected chi connectivity index (χ2v) is 6.16. The Hall–Kier alpha value is -1.30. The first kappa shape index (κ1) is 13.1. The van der Waals surface area contributed by atoms with Gasteiger partial charge < -0.3 is 14.6 Å². The van der Waals surface area contributed by atoms with Gasteiger partial charge in [0.1, 0.15) is 11.6 Å². The lowest BCUT2D eigenvalue weighted by molar-refractivity contribution is -0.142. The number of ether oxygens (including phenoxy) is 2. The van der Waals surface area contributed by atoms with Crippen LogP contribution in [-0.2, 0) is 14.3 Å². The zero-order valence-electron chi connectivity index (χ0n) is 10.9. The molecule has 0 radical (unpaired) electrons. The van der Waals surface area contributed by atoms with E-state index in [4.69, 9.17) is 9.47 Å². The molecule has 0 bridgehead atoms. The second kappa shape index (κ2) is 4.12. The molecule has 2 aliphatic rings. The maximum absolute atomic E-state index is 12.0. The van der Waals surface area contributed by atoms with E-state index >= 15 is 0 Å². The van der Waals surface area contributed by atoms with E-state index in [0.717, 1.165) is 0 Å². The van der Waals surface area contributed by atoms with E-state index in [-0.39, 0.29) is 5.41 Å². The predicted molar refractivity (Wildman–Crippen MR) is 62.2 cm³/mol. The van der Waals surface area contributed by atoms with Crippen LogP contribution in [0.5, 0.6) is 0 Å². The van der Waals surface area contributed by atoms with Crippen molar-refractivity contribution in [3.8, 4) is 0 Å². The van der Waals surface area contributed by atoms with Crippen molar-refractivity contribution in [3.63, 3.8) is 0 Å². The van der Waals surface area contributed by atoms with E-state index in [0.29, 0.717) is 26.2 Å². The minimum Gasteiger partial charge on any atom is -0.480 e. The van der Waals surface area contributed by atoms with Crippen molar-refractivity contribution in [1.29, 1.82) is 0 Å². The highest BCUT2D eigenvalue weighted by molar-refractivity contribution is 5.81. The third kappa shape index (κ3) is 2.43. The lowest BCUT2D eigenvalue weighted by Gasteiger charge is -2.37. The van der Waals surface area contributed by atoms with Gasteiger partial charge in [0.15, 0.2) is 0 Å². The van der Waals surface area contributed by atoms with Crippen molar-refractivity contribution in [2.75, 3.05) is 19.8 Å². The van der Waals surface area contributed by atoms with E-state index in [1.807, 2.05) is 0 Å². The van der Waals surface area contributed by atoms with Crippen molar-refractivity contribution in [2.45, 2.75) is 38.8 Å². The molecule has 18 heavy (non-hydrogen) atoms. The average molecular weight is 257 g/mol. The van der Waals surface area contributed by atoms with Gasteiger partial charge in [0, 0.05) is 12.0 Å². The Morgan fingerprint density at radius 2 is 2.00 bits per heavy atom. The van der Waals surface area contributed by atoms with Gasteiger partial charge in [0.25, 0.3) is 0 Å². The van der Waals surface area contributed by atoms with Crippen LogP contribution in [0, 0.1) is 5.41 Å². The number of nitrogens with zero attached hydrogens (tertiary/aromatic N) is 1. The molecule has 0 saturated carbocycles. The van der Waals surface area contributed by atoms with Crippen molar-refractivity contribution in [3.05, 3.63) is 0 Å². The Bertz CT molecular complexity index is 369. The summed E-state index contributed by atoms with van der Waals surface area (Å²) in [7, 11) is 0. The van der Waals surface area contributed by atoms with Crippen molar-refractivity contribution < 1.29 is 24.2 Å². The SMILES string of the molecule is CC(C)(C)OC(=O)N1CC2(COC2)C[C@H]1C(=O)O. The van der Waals surface area contributed by atoms with Crippen LogP contribution in [0.4, 0.5) is 4.79 Å². The largest absolute Gasteiger partial charge is 0.480 e. The summed E-state index contributed by atoms with van der Waals surface area (Å²) < 4.78 is 10.4. The quantitative estimate of drug-likeness (QED) is 0.761. The average Bonchev–Trinajstić information content (AvgIpc) is 2.54. The van der Waals surface area contributed by atoms with Gasteiger partial charge in [-0.15, -0.1) is 0 Å².